The quantitative estimate of drug-likeness (QED) is 0.140. The number of nitrogens with one attached hydrogen (secondary N) is 1. The number of halogens is 1. The highest BCUT2D eigenvalue weighted by atomic mass is 79.9. The summed E-state index contributed by atoms with van der Waals surface area (Å²) in [5.41, 5.74) is 1.98. The van der Waals surface area contributed by atoms with Crippen LogP contribution in [0.1, 0.15) is 41.2 Å². The summed E-state index contributed by atoms with van der Waals surface area (Å²) in [5, 5.41) is 12.2. The van der Waals surface area contributed by atoms with Crippen LogP contribution in [0.4, 0.5) is 0 Å². The first-order valence-electron chi connectivity index (χ1n) is 15.0. The molecule has 1 heterocycles. The molecule has 4 aromatic carbocycles. The molecule has 4 aromatic rings. The highest BCUT2D eigenvalue weighted by Crippen LogP contribution is 2.45. The largest absolute Gasteiger partial charge is 0.497 e. The van der Waals surface area contributed by atoms with Crippen molar-refractivity contribution in [3.8, 4) is 17.2 Å². The van der Waals surface area contributed by atoms with Crippen LogP contribution >= 0.6 is 15.9 Å². The summed E-state index contributed by atoms with van der Waals surface area (Å²) >= 11 is 3.69. The maximum absolute atomic E-state index is 14.5. The van der Waals surface area contributed by atoms with Crippen molar-refractivity contribution in [3.63, 3.8) is 0 Å². The Morgan fingerprint density at radius 3 is 2.43 bits per heavy atom. The molecule has 2 atom stereocenters. The van der Waals surface area contributed by atoms with Gasteiger partial charge in [-0.3, -0.25) is 4.79 Å². The van der Waals surface area contributed by atoms with Crippen molar-refractivity contribution in [2.75, 3.05) is 27.4 Å². The van der Waals surface area contributed by atoms with E-state index >= 15 is 0 Å². The number of rotatable bonds is 14. The Kier molecular flexibility index (Phi) is 11.1. The van der Waals surface area contributed by atoms with Gasteiger partial charge in [-0.2, -0.15) is 0 Å². The van der Waals surface area contributed by atoms with Gasteiger partial charge in [-0.05, 0) is 48.0 Å². The Labute approximate surface area is 277 Å². The van der Waals surface area contributed by atoms with Crippen molar-refractivity contribution in [2.24, 2.45) is 4.99 Å². The summed E-state index contributed by atoms with van der Waals surface area (Å²) in [6, 6.07) is 30.5. The number of methoxy groups -OCH3 is 2. The number of ether oxygens (including phenoxy) is 4. The van der Waals surface area contributed by atoms with Crippen molar-refractivity contribution in [3.05, 3.63) is 130 Å². The Morgan fingerprint density at radius 1 is 0.978 bits per heavy atom. The highest BCUT2D eigenvalue weighted by Gasteiger charge is 2.53. The van der Waals surface area contributed by atoms with Gasteiger partial charge >= 0.3 is 0 Å². The van der Waals surface area contributed by atoms with Gasteiger partial charge in [0.2, 0.25) is 5.90 Å². The normalized spacial score (nSPS) is 17.3. The van der Waals surface area contributed by atoms with Crippen molar-refractivity contribution in [1.82, 2.24) is 5.32 Å². The minimum atomic E-state index is -1.35. The molecule has 5 rings (SSSR count). The lowest BCUT2D eigenvalue weighted by molar-refractivity contribution is -0.129. The molecule has 1 aliphatic heterocycles. The van der Waals surface area contributed by atoms with Crippen LogP contribution in [0.15, 0.2) is 113 Å². The Bertz CT molecular complexity index is 1680. The highest BCUT2D eigenvalue weighted by molar-refractivity contribution is 9.10. The summed E-state index contributed by atoms with van der Waals surface area (Å²) in [5.74, 6) is 2.00. The second-order valence-electron chi connectivity index (χ2n) is 10.7. The molecule has 1 aliphatic rings. The lowest BCUT2D eigenvalue weighted by Gasteiger charge is -2.30. The molecule has 46 heavy (non-hydrogen) atoms. The molecule has 0 saturated carbocycles. The number of hydrogen-bond donors (Lipinski definition) is 2. The van der Waals surface area contributed by atoms with Gasteiger partial charge in [0.25, 0.3) is 5.91 Å². The van der Waals surface area contributed by atoms with E-state index in [-0.39, 0.29) is 25.5 Å². The van der Waals surface area contributed by atoms with Crippen molar-refractivity contribution < 1.29 is 28.8 Å². The molecule has 0 fully saturated rings. The first-order valence-corrected chi connectivity index (χ1v) is 15.8. The fraction of sp³-hybridized carbons (Fsp3) is 0.243. The average Bonchev–Trinajstić information content (AvgIpc) is 3.48. The van der Waals surface area contributed by atoms with Crippen molar-refractivity contribution >= 4 is 33.8 Å². The van der Waals surface area contributed by atoms with E-state index < -0.39 is 11.6 Å². The number of aliphatic imine (C=N–C) groups is 1. The van der Waals surface area contributed by atoms with Crippen LogP contribution in [0.2, 0.25) is 0 Å². The summed E-state index contributed by atoms with van der Waals surface area (Å²) in [4.78, 5) is 19.6. The standard InChI is InChI=1S/C37H37BrN2O6/c1-43-30-20-17-28(33(24-30)44-2)25-39-36(42)37(21-8-12-26-10-4-3-5-11-26)34(31-13-6-7-14-32(31)38)46-35(40-37)27-15-18-29(19-16-27)45-23-9-22-41/h3-8,10-20,24,34,41H,9,21-23,25H2,1-2H3,(H,39,42)/b12-8+/t34-,37-/m1/s1. The number of aliphatic hydroxyl groups is 1. The zero-order valence-corrected chi connectivity index (χ0v) is 27.4. The van der Waals surface area contributed by atoms with Gasteiger partial charge in [0.05, 0.1) is 20.8 Å². The lowest BCUT2D eigenvalue weighted by Crippen LogP contribution is -2.48. The Morgan fingerprint density at radius 2 is 1.72 bits per heavy atom. The Balaban J connectivity index is 1.54. The molecule has 238 valence electrons. The zero-order chi connectivity index (χ0) is 32.4. The molecule has 1 amide bonds. The van der Waals surface area contributed by atoms with E-state index in [9.17, 15) is 4.79 Å². The zero-order valence-electron chi connectivity index (χ0n) is 25.8. The number of benzene rings is 4. The predicted molar refractivity (Wildman–Crippen MR) is 182 cm³/mol. The summed E-state index contributed by atoms with van der Waals surface area (Å²) in [7, 11) is 3.18. The molecule has 0 aliphatic carbocycles. The number of hydrogen-bond acceptors (Lipinski definition) is 7. The topological polar surface area (TPSA) is 98.6 Å². The van der Waals surface area contributed by atoms with Gasteiger partial charge in [-0.15, -0.1) is 0 Å². The van der Waals surface area contributed by atoms with E-state index in [4.69, 9.17) is 29.0 Å². The minimum absolute atomic E-state index is 0.0628. The van der Waals surface area contributed by atoms with E-state index in [0.29, 0.717) is 41.7 Å². The van der Waals surface area contributed by atoms with E-state index in [1.165, 1.54) is 0 Å². The third-order valence-corrected chi connectivity index (χ3v) is 8.41. The van der Waals surface area contributed by atoms with E-state index in [1.807, 2.05) is 103 Å². The fourth-order valence-corrected chi connectivity index (χ4v) is 5.74. The third-order valence-electron chi connectivity index (χ3n) is 7.69. The third kappa shape index (κ3) is 7.61. The van der Waals surface area contributed by atoms with Crippen LogP contribution in [0.5, 0.6) is 17.2 Å². The van der Waals surface area contributed by atoms with Crippen molar-refractivity contribution in [1.29, 1.82) is 0 Å². The summed E-state index contributed by atoms with van der Waals surface area (Å²) in [6.07, 6.45) is 4.04. The van der Waals surface area contributed by atoms with Crippen molar-refractivity contribution in [2.45, 2.75) is 31.0 Å². The number of nitrogens with zero attached hydrogens (tertiary/aromatic N) is 1. The Hall–Kier alpha value is -4.60. The molecule has 0 radical (unpaired) electrons. The molecular formula is C37H37BrN2O6. The van der Waals surface area contributed by atoms with Crippen LogP contribution in [0.25, 0.3) is 6.08 Å². The van der Waals surface area contributed by atoms with Gasteiger partial charge in [0.15, 0.2) is 11.6 Å². The maximum atomic E-state index is 14.5. The van der Waals surface area contributed by atoms with E-state index in [2.05, 4.69) is 21.2 Å². The van der Waals surface area contributed by atoms with Gasteiger partial charge < -0.3 is 29.4 Å². The number of carbonyl (C=O) groups excluding carboxylic acids is 1. The first-order chi connectivity index (χ1) is 22.5. The van der Waals surface area contributed by atoms with Gasteiger partial charge in [0.1, 0.15) is 17.2 Å². The molecule has 2 N–H and O–H groups in total. The lowest BCUT2D eigenvalue weighted by atomic mass is 9.84. The maximum Gasteiger partial charge on any atom is 0.252 e. The molecule has 0 unspecified atom stereocenters. The van der Waals surface area contributed by atoms with Crippen LogP contribution in [-0.4, -0.2) is 49.9 Å². The predicted octanol–water partition coefficient (Wildman–Crippen LogP) is 6.90. The average molecular weight is 686 g/mol. The second-order valence-corrected chi connectivity index (χ2v) is 11.5. The van der Waals surface area contributed by atoms with Crippen LogP contribution < -0.4 is 19.5 Å². The molecule has 0 spiro atoms. The van der Waals surface area contributed by atoms with Gasteiger partial charge in [-0.25, -0.2) is 4.99 Å². The summed E-state index contributed by atoms with van der Waals surface area (Å²) in [6.45, 7) is 0.685. The van der Waals surface area contributed by atoms with Crippen LogP contribution in [0.3, 0.4) is 0 Å². The number of carbonyl (C=O) groups is 1. The first kappa shape index (κ1) is 32.8. The molecule has 0 saturated heterocycles. The molecule has 0 bridgehead atoms. The number of aliphatic hydroxyl groups excluding tert-OH is 1. The molecular weight excluding hydrogens is 648 g/mol. The molecule has 9 heteroatoms. The smallest absolute Gasteiger partial charge is 0.252 e. The van der Waals surface area contributed by atoms with Crippen LogP contribution in [-0.2, 0) is 16.1 Å². The van der Waals surface area contributed by atoms with E-state index in [1.54, 1.807) is 20.3 Å². The molecule has 8 nitrogen and oxygen atoms in total. The van der Waals surface area contributed by atoms with Crippen LogP contribution in [0, 0.1) is 0 Å². The second kappa shape index (κ2) is 15.6. The van der Waals surface area contributed by atoms with E-state index in [0.717, 1.165) is 21.2 Å². The molecule has 0 aromatic heterocycles. The summed E-state index contributed by atoms with van der Waals surface area (Å²) < 4.78 is 24.1. The number of amides is 1. The fourth-order valence-electron chi connectivity index (χ4n) is 5.25. The monoisotopic (exact) mass is 684 g/mol. The van der Waals surface area contributed by atoms with Gasteiger partial charge in [-0.1, -0.05) is 76.6 Å². The minimum Gasteiger partial charge on any atom is -0.497 e. The van der Waals surface area contributed by atoms with Gasteiger partial charge in [0, 0.05) is 53.2 Å². The SMILES string of the molecule is COc1ccc(CNC(=O)[C@]2(C/C=C/c3ccccc3)N=C(c3ccc(OCCCO)cc3)O[C@@H]2c2ccccc2Br)c(OC)c1.